The predicted octanol–water partition coefficient (Wildman–Crippen LogP) is 2.06. The summed E-state index contributed by atoms with van der Waals surface area (Å²) in [5.41, 5.74) is 0.219. The molecule has 4 rings (SSSR count). The van der Waals surface area contributed by atoms with E-state index >= 15 is 0 Å². The van der Waals surface area contributed by atoms with Crippen molar-refractivity contribution in [3.05, 3.63) is 24.0 Å². The van der Waals surface area contributed by atoms with Gasteiger partial charge in [0.05, 0.1) is 17.9 Å². The van der Waals surface area contributed by atoms with Crippen LogP contribution < -0.4 is 4.90 Å². The van der Waals surface area contributed by atoms with Gasteiger partial charge in [-0.1, -0.05) is 17.4 Å². The third kappa shape index (κ3) is 5.38. The molecule has 8 nitrogen and oxygen atoms in total. The first-order valence-electron chi connectivity index (χ1n) is 10.0. The highest BCUT2D eigenvalue weighted by molar-refractivity contribution is 7.22. The van der Waals surface area contributed by atoms with Crippen LogP contribution in [-0.2, 0) is 19.1 Å². The Kier molecular flexibility index (Phi) is 7.93. The Hall–Kier alpha value is -2.14. The lowest BCUT2D eigenvalue weighted by molar-refractivity contribution is -0.141. The maximum Gasteiger partial charge on any atom is 0.248 e. The lowest BCUT2D eigenvalue weighted by Gasteiger charge is -2.28. The number of halogens is 2. The van der Waals surface area contributed by atoms with E-state index in [1.54, 1.807) is 12.1 Å². The molecular formula is C20H24ClFN4O4S. The number of hydrogen-bond acceptors (Lipinski definition) is 7. The van der Waals surface area contributed by atoms with Crippen LogP contribution in [0.5, 0.6) is 0 Å². The minimum Gasteiger partial charge on any atom is -0.379 e. The van der Waals surface area contributed by atoms with Gasteiger partial charge >= 0.3 is 0 Å². The zero-order valence-electron chi connectivity index (χ0n) is 16.9. The lowest BCUT2D eigenvalue weighted by Crippen LogP contribution is -2.44. The van der Waals surface area contributed by atoms with Crippen LogP contribution in [-0.4, -0.2) is 78.4 Å². The van der Waals surface area contributed by atoms with Crippen LogP contribution >= 0.6 is 23.7 Å². The highest BCUT2D eigenvalue weighted by Gasteiger charge is 2.32. The third-order valence-electron chi connectivity index (χ3n) is 5.30. The molecule has 2 aromatic rings. The van der Waals surface area contributed by atoms with Gasteiger partial charge < -0.3 is 4.74 Å². The van der Waals surface area contributed by atoms with E-state index in [2.05, 4.69) is 9.88 Å². The number of thiazole rings is 1. The molecule has 0 saturated carbocycles. The summed E-state index contributed by atoms with van der Waals surface area (Å²) in [5.74, 6) is -1.51. The summed E-state index contributed by atoms with van der Waals surface area (Å²) in [6, 6.07) is 4.69. The SMILES string of the molecule is Cl.O=C1CCC(=O)N1CC(=O)N(CCCN1CCOCC1)c1nc2c(F)cccc2s1. The second-order valence-electron chi connectivity index (χ2n) is 7.31. The van der Waals surface area contributed by atoms with Gasteiger partial charge in [0.15, 0.2) is 5.13 Å². The number of likely N-dealkylation sites (tertiary alicyclic amines) is 1. The van der Waals surface area contributed by atoms with Crippen LogP contribution in [0.4, 0.5) is 9.52 Å². The van der Waals surface area contributed by atoms with Crippen molar-refractivity contribution >= 4 is 56.8 Å². The number of carbonyl (C=O) groups excluding carboxylic acids is 3. The van der Waals surface area contributed by atoms with Crippen molar-refractivity contribution in [2.75, 3.05) is 50.8 Å². The Labute approximate surface area is 189 Å². The molecule has 0 radical (unpaired) electrons. The molecular weight excluding hydrogens is 447 g/mol. The number of para-hydroxylation sites is 1. The molecule has 31 heavy (non-hydrogen) atoms. The molecule has 2 aliphatic rings. The van der Waals surface area contributed by atoms with Gasteiger partial charge in [-0.2, -0.15) is 0 Å². The third-order valence-corrected chi connectivity index (χ3v) is 6.34. The number of rotatable bonds is 7. The van der Waals surface area contributed by atoms with Crippen molar-refractivity contribution in [2.45, 2.75) is 19.3 Å². The summed E-state index contributed by atoms with van der Waals surface area (Å²) in [4.78, 5) is 46.0. The average molecular weight is 471 g/mol. The molecule has 3 amide bonds. The zero-order valence-corrected chi connectivity index (χ0v) is 18.6. The fourth-order valence-corrected chi connectivity index (χ4v) is 4.67. The summed E-state index contributed by atoms with van der Waals surface area (Å²) >= 11 is 1.23. The molecule has 0 aliphatic carbocycles. The van der Waals surface area contributed by atoms with Crippen molar-refractivity contribution in [3.8, 4) is 0 Å². The molecule has 0 atom stereocenters. The summed E-state index contributed by atoms with van der Waals surface area (Å²) in [6.07, 6.45) is 0.955. The fraction of sp³-hybridized carbons (Fsp3) is 0.500. The standard InChI is InChI=1S/C20H23FN4O4S.ClH/c21-14-3-1-4-15-19(14)22-20(30-15)24(8-2-7-23-9-11-29-12-10-23)18(28)13-25-16(26)5-6-17(25)27;/h1,3-4H,2,5-13H2;1H. The van der Waals surface area contributed by atoms with Crippen LogP contribution in [0.2, 0.25) is 0 Å². The van der Waals surface area contributed by atoms with Crippen LogP contribution in [0.3, 0.4) is 0 Å². The highest BCUT2D eigenvalue weighted by Crippen LogP contribution is 2.30. The first-order valence-corrected chi connectivity index (χ1v) is 10.8. The number of anilines is 1. The van der Waals surface area contributed by atoms with Gasteiger partial charge in [0, 0.05) is 39.0 Å². The number of aromatic nitrogens is 1. The van der Waals surface area contributed by atoms with Crippen molar-refractivity contribution in [1.29, 1.82) is 0 Å². The largest absolute Gasteiger partial charge is 0.379 e. The first-order chi connectivity index (χ1) is 14.5. The van der Waals surface area contributed by atoms with E-state index < -0.39 is 5.82 Å². The molecule has 0 spiro atoms. The van der Waals surface area contributed by atoms with E-state index in [0.29, 0.717) is 36.0 Å². The number of benzene rings is 1. The second kappa shape index (κ2) is 10.4. The fourth-order valence-electron chi connectivity index (χ4n) is 3.64. The van der Waals surface area contributed by atoms with Crippen molar-refractivity contribution in [2.24, 2.45) is 0 Å². The van der Waals surface area contributed by atoms with Crippen LogP contribution in [0, 0.1) is 5.82 Å². The minimum atomic E-state index is -0.444. The lowest BCUT2D eigenvalue weighted by atomic mass is 10.3. The summed E-state index contributed by atoms with van der Waals surface area (Å²) in [6.45, 7) is 3.92. The molecule has 1 aromatic carbocycles. The van der Waals surface area contributed by atoms with E-state index in [9.17, 15) is 18.8 Å². The Morgan fingerprint density at radius 1 is 1.19 bits per heavy atom. The van der Waals surface area contributed by atoms with Gasteiger partial charge in [-0.3, -0.25) is 29.1 Å². The number of ether oxygens (including phenoxy) is 1. The number of nitrogens with zero attached hydrogens (tertiary/aromatic N) is 4. The molecule has 3 heterocycles. The molecule has 0 bridgehead atoms. The van der Waals surface area contributed by atoms with Crippen molar-refractivity contribution in [3.63, 3.8) is 0 Å². The summed E-state index contributed by atoms with van der Waals surface area (Å²) in [7, 11) is 0. The smallest absolute Gasteiger partial charge is 0.248 e. The van der Waals surface area contributed by atoms with Crippen LogP contribution in [0.25, 0.3) is 10.2 Å². The first kappa shape index (κ1) is 23.5. The normalized spacial score (nSPS) is 17.3. The highest BCUT2D eigenvalue weighted by atomic mass is 35.5. The number of morpholine rings is 1. The maximum atomic E-state index is 14.1. The molecule has 0 unspecified atom stereocenters. The number of imide groups is 1. The number of amides is 3. The van der Waals surface area contributed by atoms with Gasteiger partial charge in [-0.05, 0) is 18.6 Å². The number of hydrogen-bond donors (Lipinski definition) is 0. The van der Waals surface area contributed by atoms with Crippen molar-refractivity contribution in [1.82, 2.24) is 14.8 Å². The van der Waals surface area contributed by atoms with Gasteiger partial charge in [-0.25, -0.2) is 9.37 Å². The van der Waals surface area contributed by atoms with E-state index in [-0.39, 0.29) is 55.0 Å². The second-order valence-corrected chi connectivity index (χ2v) is 8.32. The summed E-state index contributed by atoms with van der Waals surface area (Å²) in [5, 5.41) is 0.376. The quantitative estimate of drug-likeness (QED) is 0.576. The topological polar surface area (TPSA) is 83.1 Å². The van der Waals surface area contributed by atoms with Gasteiger partial charge in [-0.15, -0.1) is 12.4 Å². The van der Waals surface area contributed by atoms with E-state index in [1.165, 1.54) is 22.3 Å². The van der Waals surface area contributed by atoms with Crippen molar-refractivity contribution < 1.29 is 23.5 Å². The van der Waals surface area contributed by atoms with Gasteiger partial charge in [0.25, 0.3) is 0 Å². The van der Waals surface area contributed by atoms with E-state index in [4.69, 9.17) is 4.74 Å². The monoisotopic (exact) mass is 470 g/mol. The predicted molar refractivity (Wildman–Crippen MR) is 117 cm³/mol. The Morgan fingerprint density at radius 2 is 1.90 bits per heavy atom. The number of carbonyl (C=O) groups is 3. The molecule has 0 N–H and O–H groups in total. The molecule has 1 aromatic heterocycles. The molecule has 2 saturated heterocycles. The van der Waals surface area contributed by atoms with Gasteiger partial charge in [0.2, 0.25) is 17.7 Å². The Bertz CT molecular complexity index is 950. The molecule has 11 heteroatoms. The molecule has 2 aliphatic heterocycles. The average Bonchev–Trinajstić information content (AvgIpc) is 3.31. The van der Waals surface area contributed by atoms with E-state index in [0.717, 1.165) is 24.5 Å². The van der Waals surface area contributed by atoms with E-state index in [1.807, 2.05) is 0 Å². The zero-order chi connectivity index (χ0) is 21.1. The number of fused-ring (bicyclic) bond motifs is 1. The van der Waals surface area contributed by atoms with Crippen LogP contribution in [0.1, 0.15) is 19.3 Å². The summed E-state index contributed by atoms with van der Waals surface area (Å²) < 4.78 is 20.1. The van der Waals surface area contributed by atoms with Gasteiger partial charge in [0.1, 0.15) is 17.9 Å². The molecule has 168 valence electrons. The maximum absolute atomic E-state index is 14.1. The molecule has 2 fully saturated rings. The van der Waals surface area contributed by atoms with Crippen LogP contribution in [0.15, 0.2) is 18.2 Å². The Morgan fingerprint density at radius 3 is 2.58 bits per heavy atom. The minimum absolute atomic E-state index is 0. The Balaban J connectivity index is 0.00000272.